The van der Waals surface area contributed by atoms with Gasteiger partial charge in [0.05, 0.1) is 0 Å². The molecule has 0 aliphatic carbocycles. The van der Waals surface area contributed by atoms with Crippen molar-refractivity contribution in [2.45, 2.75) is 38.7 Å². The summed E-state index contributed by atoms with van der Waals surface area (Å²) in [6.45, 7) is 2.20. The zero-order chi connectivity index (χ0) is 6.24. The number of hydrogen-bond donors (Lipinski definition) is 1. The first-order valence-electron chi connectivity index (χ1n) is 3.28. The molecule has 0 atom stereocenters. The van der Waals surface area contributed by atoms with Crippen LogP contribution in [0.25, 0.3) is 0 Å². The van der Waals surface area contributed by atoms with Crippen LogP contribution in [0.5, 0.6) is 0 Å². The van der Waals surface area contributed by atoms with Gasteiger partial charge in [0.1, 0.15) is 0 Å². The highest BCUT2D eigenvalue weighted by atomic mass is 28.2. The summed E-state index contributed by atoms with van der Waals surface area (Å²) in [5.74, 6) is 0. The Labute approximate surface area is 54.1 Å². The molecule has 0 rings (SSSR count). The van der Waals surface area contributed by atoms with E-state index in [1.54, 1.807) is 0 Å². The van der Waals surface area contributed by atoms with Gasteiger partial charge < -0.3 is 4.80 Å². The lowest BCUT2D eigenvalue weighted by atomic mass is 10.2. The van der Waals surface area contributed by atoms with Gasteiger partial charge in [0.15, 0.2) is 0 Å². The molecule has 0 fully saturated rings. The molecule has 0 saturated carbocycles. The zero-order valence-electron chi connectivity index (χ0n) is 5.48. The second-order valence-corrected chi connectivity index (χ2v) is 2.79. The predicted molar refractivity (Wildman–Crippen MR) is 36.9 cm³/mol. The highest BCUT2D eigenvalue weighted by molar-refractivity contribution is 6.25. The van der Waals surface area contributed by atoms with E-state index in [1.165, 1.54) is 25.7 Å². The molecule has 0 bridgehead atoms. The van der Waals surface area contributed by atoms with Crippen LogP contribution in [0.4, 0.5) is 0 Å². The lowest BCUT2D eigenvalue weighted by molar-refractivity contribution is 0.589. The van der Waals surface area contributed by atoms with Crippen LogP contribution >= 0.6 is 0 Å². The van der Waals surface area contributed by atoms with E-state index in [1.807, 2.05) is 0 Å². The van der Waals surface area contributed by atoms with Crippen molar-refractivity contribution in [2.75, 3.05) is 0 Å². The van der Waals surface area contributed by atoms with Gasteiger partial charge in [0.25, 0.3) is 0 Å². The molecular weight excluding hydrogens is 116 g/mol. The Morgan fingerprint density at radius 1 is 1.25 bits per heavy atom. The Hall–Kier alpha value is 0.177. The van der Waals surface area contributed by atoms with Crippen molar-refractivity contribution in [1.82, 2.24) is 0 Å². The Kier molecular flexibility index (Phi) is 7.34. The fraction of sp³-hybridized carbons (Fsp3) is 1.00. The number of unbranched alkanes of at least 4 members (excludes halogenated alkanes) is 3. The third-order valence-corrected chi connectivity index (χ3v) is 1.72. The maximum atomic E-state index is 8.39. The number of rotatable bonds is 5. The van der Waals surface area contributed by atoms with Gasteiger partial charge in [0.2, 0.25) is 9.76 Å². The lowest BCUT2D eigenvalue weighted by Crippen LogP contribution is -1.85. The van der Waals surface area contributed by atoms with Gasteiger partial charge in [-0.3, -0.25) is 0 Å². The van der Waals surface area contributed by atoms with Crippen molar-refractivity contribution in [3.05, 3.63) is 0 Å². The minimum atomic E-state index is 0.169. The minimum Gasteiger partial charge on any atom is -0.432 e. The second kappa shape index (κ2) is 7.18. The normalized spacial score (nSPS) is 9.75. The standard InChI is InChI=1S/C6H14OSi/c1-2-3-4-5-6-8-7/h7H,2-6H2,1H3. The Morgan fingerprint density at radius 2 is 2.00 bits per heavy atom. The van der Waals surface area contributed by atoms with Gasteiger partial charge >= 0.3 is 0 Å². The molecule has 0 unspecified atom stereocenters. The summed E-state index contributed by atoms with van der Waals surface area (Å²) >= 11 is 0. The monoisotopic (exact) mass is 130 g/mol. The fourth-order valence-electron chi connectivity index (χ4n) is 0.631. The Bertz CT molecular complexity index is 33.5. The van der Waals surface area contributed by atoms with Crippen molar-refractivity contribution in [3.63, 3.8) is 0 Å². The lowest BCUT2D eigenvalue weighted by Gasteiger charge is -1.92. The summed E-state index contributed by atoms with van der Waals surface area (Å²) in [5, 5.41) is 0. The summed E-state index contributed by atoms with van der Waals surface area (Å²) in [6.07, 6.45) is 5.12. The first-order valence-corrected chi connectivity index (χ1v) is 4.44. The molecule has 2 radical (unpaired) electrons. The van der Waals surface area contributed by atoms with E-state index >= 15 is 0 Å². The predicted octanol–water partition coefficient (Wildman–Crippen LogP) is 1.60. The molecule has 1 nitrogen and oxygen atoms in total. The van der Waals surface area contributed by atoms with E-state index in [2.05, 4.69) is 6.92 Å². The Balaban J connectivity index is 2.53. The first-order chi connectivity index (χ1) is 3.91. The second-order valence-electron chi connectivity index (χ2n) is 1.97. The smallest absolute Gasteiger partial charge is 0.224 e. The zero-order valence-corrected chi connectivity index (χ0v) is 6.48. The molecule has 0 aromatic carbocycles. The van der Waals surface area contributed by atoms with Gasteiger partial charge in [-0.25, -0.2) is 0 Å². The van der Waals surface area contributed by atoms with Crippen LogP contribution < -0.4 is 0 Å². The van der Waals surface area contributed by atoms with Crippen LogP contribution in [0.1, 0.15) is 32.6 Å². The third-order valence-electron chi connectivity index (χ3n) is 1.14. The van der Waals surface area contributed by atoms with Crippen molar-refractivity contribution in [2.24, 2.45) is 0 Å². The molecular formula is C6H14OSi. The highest BCUT2D eigenvalue weighted by Gasteiger charge is 1.85. The van der Waals surface area contributed by atoms with Crippen LogP contribution in [0.15, 0.2) is 0 Å². The molecule has 0 saturated heterocycles. The largest absolute Gasteiger partial charge is 0.432 e. The van der Waals surface area contributed by atoms with Gasteiger partial charge in [-0.2, -0.15) is 0 Å². The molecule has 48 valence electrons. The Morgan fingerprint density at radius 3 is 2.50 bits per heavy atom. The molecule has 0 aromatic heterocycles. The molecule has 0 amide bonds. The summed E-state index contributed by atoms with van der Waals surface area (Å²) in [6, 6.07) is 1.01. The highest BCUT2D eigenvalue weighted by Crippen LogP contribution is 2.00. The van der Waals surface area contributed by atoms with E-state index in [4.69, 9.17) is 4.80 Å². The molecule has 0 heterocycles. The molecule has 0 aliphatic heterocycles. The molecule has 0 spiro atoms. The van der Waals surface area contributed by atoms with E-state index in [9.17, 15) is 0 Å². The topological polar surface area (TPSA) is 20.2 Å². The molecule has 0 aliphatic rings. The van der Waals surface area contributed by atoms with Crippen LogP contribution in [0.3, 0.4) is 0 Å². The van der Waals surface area contributed by atoms with E-state index in [0.29, 0.717) is 0 Å². The van der Waals surface area contributed by atoms with Crippen molar-refractivity contribution in [3.8, 4) is 0 Å². The maximum Gasteiger partial charge on any atom is 0.224 e. The van der Waals surface area contributed by atoms with Crippen molar-refractivity contribution in [1.29, 1.82) is 0 Å². The summed E-state index contributed by atoms with van der Waals surface area (Å²) in [5.41, 5.74) is 0. The van der Waals surface area contributed by atoms with Gasteiger partial charge in [-0.15, -0.1) is 0 Å². The van der Waals surface area contributed by atoms with E-state index in [-0.39, 0.29) is 9.76 Å². The minimum absolute atomic E-state index is 0.169. The molecule has 1 N–H and O–H groups in total. The molecule has 2 heteroatoms. The summed E-state index contributed by atoms with van der Waals surface area (Å²) < 4.78 is 0. The van der Waals surface area contributed by atoms with Gasteiger partial charge in [-0.1, -0.05) is 32.6 Å². The average molecular weight is 130 g/mol. The first kappa shape index (κ1) is 8.18. The van der Waals surface area contributed by atoms with Crippen LogP contribution in [-0.2, 0) is 0 Å². The maximum absolute atomic E-state index is 8.39. The van der Waals surface area contributed by atoms with Crippen molar-refractivity contribution >= 4 is 9.76 Å². The SMILES string of the molecule is CCCCCC[Si]O. The van der Waals surface area contributed by atoms with Crippen LogP contribution in [0, 0.1) is 0 Å². The summed E-state index contributed by atoms with van der Waals surface area (Å²) in [7, 11) is 0.169. The quantitative estimate of drug-likeness (QED) is 0.442. The van der Waals surface area contributed by atoms with Crippen LogP contribution in [-0.4, -0.2) is 14.6 Å². The van der Waals surface area contributed by atoms with Crippen LogP contribution in [0.2, 0.25) is 6.04 Å². The molecule has 8 heavy (non-hydrogen) atoms. The number of hydrogen-bond acceptors (Lipinski definition) is 1. The van der Waals surface area contributed by atoms with E-state index in [0.717, 1.165) is 6.04 Å². The third kappa shape index (κ3) is 6.18. The summed E-state index contributed by atoms with van der Waals surface area (Å²) in [4.78, 5) is 8.39. The van der Waals surface area contributed by atoms with E-state index < -0.39 is 0 Å². The molecule has 0 aromatic rings. The van der Waals surface area contributed by atoms with Gasteiger partial charge in [-0.05, 0) is 6.04 Å². The fourth-order valence-corrected chi connectivity index (χ4v) is 1.04. The van der Waals surface area contributed by atoms with Crippen molar-refractivity contribution < 1.29 is 4.80 Å². The van der Waals surface area contributed by atoms with Gasteiger partial charge in [0, 0.05) is 0 Å². The average Bonchev–Trinajstić information content (AvgIpc) is 1.81.